The van der Waals surface area contributed by atoms with Crippen LogP contribution >= 0.6 is 0 Å². The largest absolute Gasteiger partial charge is 0.458 e. The lowest BCUT2D eigenvalue weighted by atomic mass is 10.2. The van der Waals surface area contributed by atoms with E-state index in [1.54, 1.807) is 0 Å². The SMILES string of the molecule is N=C(N)CNc1ccc(OCOc2ccc(CNC(=N)N)cc2)cc1. The van der Waals surface area contributed by atoms with Crippen molar-refractivity contribution >= 4 is 17.5 Å². The zero-order valence-corrected chi connectivity index (χ0v) is 13.7. The van der Waals surface area contributed by atoms with Gasteiger partial charge in [-0.2, -0.15) is 0 Å². The molecule has 8 N–H and O–H groups in total. The normalized spacial score (nSPS) is 9.92. The molecular formula is C17H22N6O2. The van der Waals surface area contributed by atoms with Gasteiger partial charge in [0.25, 0.3) is 0 Å². The van der Waals surface area contributed by atoms with Crippen molar-refractivity contribution in [2.45, 2.75) is 6.54 Å². The Hall–Kier alpha value is -3.42. The molecule has 0 aliphatic carbocycles. The van der Waals surface area contributed by atoms with E-state index in [9.17, 15) is 0 Å². The van der Waals surface area contributed by atoms with E-state index in [4.69, 9.17) is 31.8 Å². The molecule has 2 rings (SSSR count). The van der Waals surface area contributed by atoms with Crippen molar-refractivity contribution in [1.29, 1.82) is 10.8 Å². The lowest BCUT2D eigenvalue weighted by Crippen LogP contribution is -2.29. The number of guanidine groups is 1. The van der Waals surface area contributed by atoms with Crippen molar-refractivity contribution in [2.75, 3.05) is 18.7 Å². The van der Waals surface area contributed by atoms with E-state index in [1.165, 1.54) is 0 Å². The van der Waals surface area contributed by atoms with Gasteiger partial charge in [0, 0.05) is 12.2 Å². The summed E-state index contributed by atoms with van der Waals surface area (Å²) in [4.78, 5) is 0. The molecule has 0 fully saturated rings. The van der Waals surface area contributed by atoms with Gasteiger partial charge >= 0.3 is 0 Å². The smallest absolute Gasteiger partial charge is 0.230 e. The van der Waals surface area contributed by atoms with Crippen LogP contribution in [0.15, 0.2) is 48.5 Å². The average molecular weight is 342 g/mol. The number of benzene rings is 2. The van der Waals surface area contributed by atoms with E-state index in [0.29, 0.717) is 24.6 Å². The van der Waals surface area contributed by atoms with Crippen LogP contribution < -0.4 is 31.6 Å². The third kappa shape index (κ3) is 6.69. The van der Waals surface area contributed by atoms with Gasteiger partial charge in [-0.1, -0.05) is 12.1 Å². The van der Waals surface area contributed by atoms with Gasteiger partial charge < -0.3 is 31.6 Å². The number of rotatable bonds is 9. The molecule has 0 atom stereocenters. The maximum absolute atomic E-state index is 7.17. The molecule has 0 radical (unpaired) electrons. The summed E-state index contributed by atoms with van der Waals surface area (Å²) in [5.41, 5.74) is 12.4. The van der Waals surface area contributed by atoms with E-state index in [1.807, 2.05) is 48.5 Å². The number of anilines is 1. The predicted octanol–water partition coefficient (Wildman–Crippen LogP) is 1.43. The maximum atomic E-state index is 7.17. The van der Waals surface area contributed by atoms with Gasteiger partial charge in [0.15, 0.2) is 5.96 Å². The van der Waals surface area contributed by atoms with Crippen LogP contribution in [0.2, 0.25) is 0 Å². The van der Waals surface area contributed by atoms with Gasteiger partial charge in [0.1, 0.15) is 17.3 Å². The molecule has 0 saturated heterocycles. The van der Waals surface area contributed by atoms with Gasteiger partial charge in [-0.3, -0.25) is 10.8 Å². The van der Waals surface area contributed by atoms with Gasteiger partial charge in [0.2, 0.25) is 6.79 Å². The number of amidine groups is 1. The minimum absolute atomic E-state index is 0.0590. The van der Waals surface area contributed by atoms with Crippen molar-refractivity contribution in [1.82, 2.24) is 5.32 Å². The van der Waals surface area contributed by atoms with Crippen molar-refractivity contribution in [3.63, 3.8) is 0 Å². The number of nitrogens with one attached hydrogen (secondary N) is 4. The molecule has 8 nitrogen and oxygen atoms in total. The van der Waals surface area contributed by atoms with Crippen molar-refractivity contribution in [3.8, 4) is 11.5 Å². The van der Waals surface area contributed by atoms with Crippen LogP contribution in [0, 0.1) is 10.8 Å². The van der Waals surface area contributed by atoms with Gasteiger partial charge in [0.05, 0.1) is 6.54 Å². The number of hydrogen-bond donors (Lipinski definition) is 6. The van der Waals surface area contributed by atoms with Crippen LogP contribution in [-0.2, 0) is 6.54 Å². The quantitative estimate of drug-likeness (QED) is 0.231. The molecule has 2 aromatic carbocycles. The number of hydrogen-bond acceptors (Lipinski definition) is 5. The van der Waals surface area contributed by atoms with Crippen LogP contribution in [0.25, 0.3) is 0 Å². The first-order chi connectivity index (χ1) is 12.0. The zero-order chi connectivity index (χ0) is 18.1. The summed E-state index contributed by atoms with van der Waals surface area (Å²) >= 11 is 0. The first kappa shape index (κ1) is 17.9. The summed E-state index contributed by atoms with van der Waals surface area (Å²) < 4.78 is 11.1. The third-order valence-corrected chi connectivity index (χ3v) is 3.19. The Labute approximate surface area is 146 Å². The highest BCUT2D eigenvalue weighted by Gasteiger charge is 1.99. The summed E-state index contributed by atoms with van der Waals surface area (Å²) in [5, 5.41) is 20.0. The highest BCUT2D eigenvalue weighted by Crippen LogP contribution is 2.17. The fourth-order valence-electron chi connectivity index (χ4n) is 1.93. The lowest BCUT2D eigenvalue weighted by molar-refractivity contribution is 0.120. The molecule has 0 amide bonds. The minimum Gasteiger partial charge on any atom is -0.458 e. The lowest BCUT2D eigenvalue weighted by Gasteiger charge is -2.10. The van der Waals surface area contributed by atoms with Crippen LogP contribution in [0.5, 0.6) is 11.5 Å². The van der Waals surface area contributed by atoms with Gasteiger partial charge in [-0.15, -0.1) is 0 Å². The van der Waals surface area contributed by atoms with E-state index < -0.39 is 0 Å². The maximum Gasteiger partial charge on any atom is 0.230 e. The Morgan fingerprint density at radius 1 is 0.880 bits per heavy atom. The molecule has 0 aliphatic heterocycles. The number of nitrogens with two attached hydrogens (primary N) is 2. The van der Waals surface area contributed by atoms with E-state index in [-0.39, 0.29) is 18.6 Å². The summed E-state index contributed by atoms with van der Waals surface area (Å²) in [7, 11) is 0. The first-order valence-electron chi connectivity index (χ1n) is 7.62. The van der Waals surface area contributed by atoms with Gasteiger partial charge in [-0.25, -0.2) is 0 Å². The van der Waals surface area contributed by atoms with Crippen LogP contribution in [0.1, 0.15) is 5.56 Å². The molecule has 0 heterocycles. The van der Waals surface area contributed by atoms with Crippen molar-refractivity contribution in [2.24, 2.45) is 11.5 Å². The Balaban J connectivity index is 1.74. The summed E-state index contributed by atoms with van der Waals surface area (Å²) in [6, 6.07) is 14.7. The standard InChI is InChI=1S/C17H22N6O2/c18-16(19)10-22-13-3-7-15(8-4-13)25-11-24-14-5-1-12(2-6-14)9-23-17(20)21/h1-8,22H,9-11H2,(H3,18,19)(H4,20,21,23). The van der Waals surface area contributed by atoms with Crippen LogP contribution in [-0.4, -0.2) is 25.1 Å². The molecule has 0 unspecified atom stereocenters. The Morgan fingerprint density at radius 3 is 1.96 bits per heavy atom. The summed E-state index contributed by atoms with van der Waals surface area (Å²) in [6.45, 7) is 0.892. The molecule has 2 aromatic rings. The van der Waals surface area contributed by atoms with Crippen LogP contribution in [0.3, 0.4) is 0 Å². The predicted molar refractivity (Wildman–Crippen MR) is 98.2 cm³/mol. The first-order valence-corrected chi connectivity index (χ1v) is 7.62. The molecule has 8 heteroatoms. The Bertz CT molecular complexity index is 639. The monoisotopic (exact) mass is 342 g/mol. The molecule has 0 aromatic heterocycles. The second kappa shape index (κ2) is 9.02. The molecule has 0 bridgehead atoms. The van der Waals surface area contributed by atoms with E-state index in [2.05, 4.69) is 10.6 Å². The van der Waals surface area contributed by atoms with Gasteiger partial charge in [-0.05, 0) is 42.0 Å². The third-order valence-electron chi connectivity index (χ3n) is 3.19. The van der Waals surface area contributed by atoms with E-state index >= 15 is 0 Å². The highest BCUT2D eigenvalue weighted by atomic mass is 16.7. The second-order valence-corrected chi connectivity index (χ2v) is 5.22. The fourth-order valence-corrected chi connectivity index (χ4v) is 1.93. The summed E-state index contributed by atoms with van der Waals surface area (Å²) in [6.07, 6.45) is 0. The van der Waals surface area contributed by atoms with Crippen molar-refractivity contribution in [3.05, 3.63) is 54.1 Å². The number of ether oxygens (including phenoxy) is 2. The molecule has 132 valence electrons. The molecule has 0 saturated carbocycles. The topological polar surface area (TPSA) is 142 Å². The Kier molecular flexibility index (Phi) is 6.47. The second-order valence-electron chi connectivity index (χ2n) is 5.22. The molecule has 0 aliphatic rings. The fraction of sp³-hybridized carbons (Fsp3) is 0.176. The summed E-state index contributed by atoms with van der Waals surface area (Å²) in [5.74, 6) is 1.38. The van der Waals surface area contributed by atoms with Crippen LogP contribution in [0.4, 0.5) is 5.69 Å². The minimum atomic E-state index is -0.0590. The highest BCUT2D eigenvalue weighted by molar-refractivity contribution is 5.81. The molecular weight excluding hydrogens is 320 g/mol. The molecule has 0 spiro atoms. The van der Waals surface area contributed by atoms with E-state index in [0.717, 1.165) is 11.3 Å². The average Bonchev–Trinajstić information content (AvgIpc) is 2.60. The van der Waals surface area contributed by atoms with Crippen molar-refractivity contribution < 1.29 is 9.47 Å². The Morgan fingerprint density at radius 2 is 1.44 bits per heavy atom. The zero-order valence-electron chi connectivity index (χ0n) is 13.7. The molecule has 25 heavy (non-hydrogen) atoms.